The molecule has 134 valence electrons. The lowest BCUT2D eigenvalue weighted by Gasteiger charge is -2.09. The van der Waals surface area contributed by atoms with E-state index in [9.17, 15) is 4.79 Å². The molecule has 0 aliphatic rings. The Balaban J connectivity index is 1.68. The van der Waals surface area contributed by atoms with Crippen LogP contribution in [0.3, 0.4) is 0 Å². The van der Waals surface area contributed by atoms with Gasteiger partial charge in [0, 0.05) is 11.8 Å². The van der Waals surface area contributed by atoms with Crippen LogP contribution in [0.25, 0.3) is 5.69 Å². The van der Waals surface area contributed by atoms with Crippen LogP contribution in [0.4, 0.5) is 5.69 Å². The van der Waals surface area contributed by atoms with Gasteiger partial charge in [-0.25, -0.2) is 0 Å². The van der Waals surface area contributed by atoms with E-state index in [0.717, 1.165) is 16.8 Å². The largest absolute Gasteiger partial charge is 0.497 e. The summed E-state index contributed by atoms with van der Waals surface area (Å²) in [4.78, 5) is 12.2. The third-order valence-electron chi connectivity index (χ3n) is 3.72. The highest BCUT2D eigenvalue weighted by atomic mass is 32.2. The van der Waals surface area contributed by atoms with Gasteiger partial charge in [0.15, 0.2) is 0 Å². The second-order valence-corrected chi connectivity index (χ2v) is 6.67. The topological polar surface area (TPSA) is 81.9 Å². The number of rotatable bonds is 6. The van der Waals surface area contributed by atoms with Gasteiger partial charge in [-0.1, -0.05) is 30.0 Å². The monoisotopic (exact) mass is 369 g/mol. The normalized spacial score (nSPS) is 10.6. The second kappa shape index (κ2) is 8.01. The van der Waals surface area contributed by atoms with Crippen LogP contribution in [0.1, 0.15) is 11.1 Å². The van der Waals surface area contributed by atoms with Crippen molar-refractivity contribution in [2.24, 2.45) is 0 Å². The zero-order chi connectivity index (χ0) is 18.5. The molecule has 0 radical (unpaired) electrons. The molecule has 1 amide bonds. The van der Waals surface area contributed by atoms with Gasteiger partial charge in [0.25, 0.3) is 0 Å². The average Bonchev–Trinajstić information content (AvgIpc) is 3.10. The van der Waals surface area contributed by atoms with Gasteiger partial charge in [0.1, 0.15) is 5.75 Å². The number of hydrogen-bond acceptors (Lipinski definition) is 6. The number of ether oxygens (including phenoxy) is 1. The Morgan fingerprint density at radius 1 is 1.23 bits per heavy atom. The molecule has 26 heavy (non-hydrogen) atoms. The molecule has 0 bridgehead atoms. The van der Waals surface area contributed by atoms with Crippen molar-refractivity contribution in [3.8, 4) is 11.4 Å². The number of benzene rings is 2. The van der Waals surface area contributed by atoms with E-state index in [4.69, 9.17) is 4.74 Å². The number of hydrogen-bond donors (Lipinski definition) is 1. The standard InChI is InChI=1S/C18H19N5O2S/c1-12-7-8-13(2)16(9-12)23-18(20-21-22-23)26-11-17(24)19-14-5-4-6-15(10-14)25-3/h4-10H,11H2,1-3H3,(H,19,24). The number of tetrazole rings is 1. The zero-order valence-electron chi connectivity index (χ0n) is 14.8. The van der Waals surface area contributed by atoms with E-state index in [1.807, 2.05) is 50.2 Å². The van der Waals surface area contributed by atoms with Gasteiger partial charge in [0.05, 0.1) is 18.6 Å². The predicted molar refractivity (Wildman–Crippen MR) is 101 cm³/mol. The molecule has 0 unspecified atom stereocenters. The molecule has 3 aromatic rings. The van der Waals surface area contributed by atoms with E-state index in [-0.39, 0.29) is 11.7 Å². The lowest BCUT2D eigenvalue weighted by molar-refractivity contribution is -0.113. The van der Waals surface area contributed by atoms with Gasteiger partial charge < -0.3 is 10.1 Å². The Labute approximate surface area is 155 Å². The fraction of sp³-hybridized carbons (Fsp3) is 0.222. The first-order valence-electron chi connectivity index (χ1n) is 7.99. The Morgan fingerprint density at radius 3 is 2.88 bits per heavy atom. The van der Waals surface area contributed by atoms with E-state index in [0.29, 0.717) is 16.6 Å². The Hall–Kier alpha value is -2.87. The van der Waals surface area contributed by atoms with Crippen LogP contribution in [-0.2, 0) is 4.79 Å². The van der Waals surface area contributed by atoms with E-state index < -0.39 is 0 Å². The quantitative estimate of drug-likeness (QED) is 0.673. The minimum Gasteiger partial charge on any atom is -0.497 e. The Morgan fingerprint density at radius 2 is 2.08 bits per heavy atom. The smallest absolute Gasteiger partial charge is 0.234 e. The third-order valence-corrected chi connectivity index (χ3v) is 4.64. The molecule has 2 aromatic carbocycles. The van der Waals surface area contributed by atoms with E-state index in [2.05, 4.69) is 20.8 Å². The van der Waals surface area contributed by atoms with Crippen molar-refractivity contribution in [1.82, 2.24) is 20.2 Å². The summed E-state index contributed by atoms with van der Waals surface area (Å²) >= 11 is 1.28. The number of aryl methyl sites for hydroxylation is 2. The molecule has 8 heteroatoms. The Kier molecular flexibility index (Phi) is 5.52. The average molecular weight is 369 g/mol. The van der Waals surface area contributed by atoms with E-state index in [1.165, 1.54) is 11.8 Å². The number of carbonyl (C=O) groups is 1. The maximum atomic E-state index is 12.2. The summed E-state index contributed by atoms with van der Waals surface area (Å²) in [6.45, 7) is 4.02. The summed E-state index contributed by atoms with van der Waals surface area (Å²) in [5, 5.41) is 15.3. The van der Waals surface area contributed by atoms with E-state index >= 15 is 0 Å². The van der Waals surface area contributed by atoms with E-state index in [1.54, 1.807) is 17.9 Å². The fourth-order valence-electron chi connectivity index (χ4n) is 2.40. The number of amides is 1. The van der Waals surface area contributed by atoms with Crippen LogP contribution in [0.15, 0.2) is 47.6 Å². The molecule has 1 aromatic heterocycles. The molecule has 0 saturated heterocycles. The first-order valence-corrected chi connectivity index (χ1v) is 8.98. The number of carbonyl (C=O) groups excluding carboxylic acids is 1. The molecule has 0 aliphatic heterocycles. The van der Waals surface area contributed by atoms with Crippen molar-refractivity contribution in [1.29, 1.82) is 0 Å². The molecule has 0 saturated carbocycles. The fourth-order valence-corrected chi connectivity index (χ4v) is 3.08. The molecule has 0 fully saturated rings. The van der Waals surface area contributed by atoms with Crippen molar-refractivity contribution < 1.29 is 9.53 Å². The summed E-state index contributed by atoms with van der Waals surface area (Å²) in [6, 6.07) is 13.3. The van der Waals surface area contributed by atoms with Crippen molar-refractivity contribution in [3.63, 3.8) is 0 Å². The van der Waals surface area contributed by atoms with Crippen molar-refractivity contribution >= 4 is 23.4 Å². The van der Waals surface area contributed by atoms with Gasteiger partial charge in [-0.3, -0.25) is 4.79 Å². The number of aromatic nitrogens is 4. The summed E-state index contributed by atoms with van der Waals surface area (Å²) in [6.07, 6.45) is 0. The van der Waals surface area contributed by atoms with Crippen LogP contribution >= 0.6 is 11.8 Å². The summed E-state index contributed by atoms with van der Waals surface area (Å²) < 4.78 is 6.81. The maximum absolute atomic E-state index is 12.2. The number of anilines is 1. The summed E-state index contributed by atoms with van der Waals surface area (Å²) in [5.74, 6) is 0.746. The molecule has 1 heterocycles. The van der Waals surface area contributed by atoms with Gasteiger partial charge in [-0.2, -0.15) is 4.68 Å². The van der Waals surface area contributed by atoms with Gasteiger partial charge in [0.2, 0.25) is 11.1 Å². The van der Waals surface area contributed by atoms with Gasteiger partial charge >= 0.3 is 0 Å². The van der Waals surface area contributed by atoms with Crippen LogP contribution in [-0.4, -0.2) is 39.0 Å². The second-order valence-electron chi connectivity index (χ2n) is 5.73. The lowest BCUT2D eigenvalue weighted by Crippen LogP contribution is -2.14. The highest BCUT2D eigenvalue weighted by molar-refractivity contribution is 7.99. The van der Waals surface area contributed by atoms with Crippen LogP contribution < -0.4 is 10.1 Å². The highest BCUT2D eigenvalue weighted by Crippen LogP contribution is 2.22. The van der Waals surface area contributed by atoms with Crippen LogP contribution in [0.2, 0.25) is 0 Å². The van der Waals surface area contributed by atoms with Crippen LogP contribution in [0.5, 0.6) is 5.75 Å². The molecule has 3 rings (SSSR count). The zero-order valence-corrected chi connectivity index (χ0v) is 15.6. The molecule has 0 aliphatic carbocycles. The minimum atomic E-state index is -0.140. The predicted octanol–water partition coefficient (Wildman–Crippen LogP) is 3.02. The van der Waals surface area contributed by atoms with Gasteiger partial charge in [-0.05, 0) is 53.6 Å². The maximum Gasteiger partial charge on any atom is 0.234 e. The highest BCUT2D eigenvalue weighted by Gasteiger charge is 2.13. The van der Waals surface area contributed by atoms with Crippen molar-refractivity contribution in [3.05, 3.63) is 53.6 Å². The minimum absolute atomic E-state index is 0.140. The molecular weight excluding hydrogens is 350 g/mol. The molecule has 1 N–H and O–H groups in total. The lowest BCUT2D eigenvalue weighted by atomic mass is 10.1. The SMILES string of the molecule is COc1cccc(NC(=O)CSc2nnnn2-c2cc(C)ccc2C)c1. The molecular formula is C18H19N5O2S. The first kappa shape index (κ1) is 17.9. The summed E-state index contributed by atoms with van der Waals surface area (Å²) in [5.41, 5.74) is 3.77. The van der Waals surface area contributed by atoms with Crippen molar-refractivity contribution in [2.75, 3.05) is 18.2 Å². The molecule has 0 atom stereocenters. The Bertz CT molecular complexity index is 925. The number of nitrogens with zero attached hydrogens (tertiary/aromatic N) is 4. The number of thioether (sulfide) groups is 1. The summed E-state index contributed by atoms with van der Waals surface area (Å²) in [7, 11) is 1.59. The third kappa shape index (κ3) is 4.20. The number of nitrogens with one attached hydrogen (secondary N) is 1. The molecule has 7 nitrogen and oxygen atoms in total. The van der Waals surface area contributed by atoms with Crippen molar-refractivity contribution in [2.45, 2.75) is 19.0 Å². The number of methoxy groups -OCH3 is 1. The van der Waals surface area contributed by atoms with Crippen LogP contribution in [0, 0.1) is 13.8 Å². The molecule has 0 spiro atoms. The van der Waals surface area contributed by atoms with Gasteiger partial charge in [-0.15, -0.1) is 5.10 Å². The first-order chi connectivity index (χ1) is 12.6.